The molecule has 1 aliphatic heterocycles. The molecular weight excluding hydrogens is 366 g/mol. The first-order chi connectivity index (χ1) is 10.9. The van der Waals surface area contributed by atoms with Crippen LogP contribution in [0.3, 0.4) is 0 Å². The van der Waals surface area contributed by atoms with Crippen molar-refractivity contribution in [2.45, 2.75) is 32.7 Å². The molecule has 7 heteroatoms. The first kappa shape index (κ1) is 17.6. The molecule has 23 heavy (non-hydrogen) atoms. The van der Waals surface area contributed by atoms with E-state index in [9.17, 15) is 14.7 Å². The molecule has 0 bridgehead atoms. The van der Waals surface area contributed by atoms with Crippen LogP contribution in [0.15, 0.2) is 16.6 Å². The number of carbonyl (C=O) groups excluding carboxylic acids is 1. The van der Waals surface area contributed by atoms with Crippen molar-refractivity contribution >= 4 is 27.8 Å². The summed E-state index contributed by atoms with van der Waals surface area (Å²) in [6.07, 6.45) is 0.461. The van der Waals surface area contributed by atoms with Crippen LogP contribution in [0.1, 0.15) is 25.8 Å². The molecule has 1 amide bonds. The highest BCUT2D eigenvalue weighted by atomic mass is 79.9. The number of rotatable bonds is 6. The molecule has 1 aliphatic rings. The van der Waals surface area contributed by atoms with Gasteiger partial charge in [0.1, 0.15) is 19.3 Å². The van der Waals surface area contributed by atoms with Gasteiger partial charge in [-0.25, -0.2) is 4.79 Å². The number of carbonyl (C=O) groups is 2. The Balaban J connectivity index is 2.06. The van der Waals surface area contributed by atoms with Crippen LogP contribution in [0.5, 0.6) is 11.5 Å². The molecular formula is C16H20BrNO5. The van der Waals surface area contributed by atoms with Gasteiger partial charge in [0.05, 0.1) is 6.42 Å². The number of halogens is 1. The third-order valence-corrected chi connectivity index (χ3v) is 4.14. The van der Waals surface area contributed by atoms with Gasteiger partial charge in [-0.05, 0) is 30.0 Å². The molecule has 0 saturated carbocycles. The zero-order valence-electron chi connectivity index (χ0n) is 13.1. The molecule has 0 aromatic heterocycles. The summed E-state index contributed by atoms with van der Waals surface area (Å²) < 4.78 is 11.7. The maximum Gasteiger partial charge on any atom is 0.326 e. The van der Waals surface area contributed by atoms with Crippen molar-refractivity contribution in [3.63, 3.8) is 0 Å². The van der Waals surface area contributed by atoms with E-state index in [1.807, 2.05) is 13.8 Å². The highest BCUT2D eigenvalue weighted by Crippen LogP contribution is 2.35. The van der Waals surface area contributed by atoms with E-state index in [1.165, 1.54) is 0 Å². The Hall–Kier alpha value is -1.76. The lowest BCUT2D eigenvalue weighted by molar-refractivity contribution is -0.142. The molecule has 2 N–H and O–H groups in total. The summed E-state index contributed by atoms with van der Waals surface area (Å²) in [5.41, 5.74) is 0.723. The second-order valence-corrected chi connectivity index (χ2v) is 6.71. The van der Waals surface area contributed by atoms with Crippen molar-refractivity contribution < 1.29 is 24.2 Å². The van der Waals surface area contributed by atoms with E-state index < -0.39 is 12.0 Å². The topological polar surface area (TPSA) is 84.9 Å². The summed E-state index contributed by atoms with van der Waals surface area (Å²) in [6, 6.07) is 2.63. The Kier molecular flexibility index (Phi) is 5.87. The average molecular weight is 386 g/mol. The lowest BCUT2D eigenvalue weighted by Crippen LogP contribution is -2.42. The van der Waals surface area contributed by atoms with Gasteiger partial charge in [0.15, 0.2) is 11.5 Å². The van der Waals surface area contributed by atoms with Crippen LogP contribution in [0, 0.1) is 5.92 Å². The molecule has 0 radical (unpaired) electrons. The Morgan fingerprint density at radius 3 is 2.43 bits per heavy atom. The number of amides is 1. The van der Waals surface area contributed by atoms with Gasteiger partial charge in [-0.2, -0.15) is 0 Å². The number of carboxylic acids is 1. The molecule has 1 atom stereocenters. The molecule has 6 nitrogen and oxygen atoms in total. The van der Waals surface area contributed by atoms with Crippen LogP contribution in [0.2, 0.25) is 0 Å². The number of hydrogen-bond donors (Lipinski definition) is 2. The summed E-state index contributed by atoms with van der Waals surface area (Å²) in [5, 5.41) is 11.8. The zero-order valence-corrected chi connectivity index (χ0v) is 14.7. The predicted molar refractivity (Wildman–Crippen MR) is 87.9 cm³/mol. The van der Waals surface area contributed by atoms with Gasteiger partial charge >= 0.3 is 5.97 Å². The van der Waals surface area contributed by atoms with Crippen LogP contribution >= 0.6 is 15.9 Å². The number of fused-ring (bicyclic) bond motifs is 1. The fraction of sp³-hybridized carbons (Fsp3) is 0.500. The molecule has 126 valence electrons. The van der Waals surface area contributed by atoms with E-state index in [0.29, 0.717) is 31.1 Å². The van der Waals surface area contributed by atoms with Crippen LogP contribution < -0.4 is 14.8 Å². The van der Waals surface area contributed by atoms with E-state index in [4.69, 9.17) is 9.47 Å². The van der Waals surface area contributed by atoms with Crippen molar-refractivity contribution in [2.24, 2.45) is 5.92 Å². The first-order valence-corrected chi connectivity index (χ1v) is 8.26. The van der Waals surface area contributed by atoms with Crippen LogP contribution in [-0.4, -0.2) is 36.2 Å². The van der Waals surface area contributed by atoms with Crippen molar-refractivity contribution in [2.75, 3.05) is 13.2 Å². The van der Waals surface area contributed by atoms with E-state index in [1.54, 1.807) is 12.1 Å². The van der Waals surface area contributed by atoms with E-state index in [-0.39, 0.29) is 18.2 Å². The van der Waals surface area contributed by atoms with Gasteiger partial charge in [-0.15, -0.1) is 0 Å². The summed E-state index contributed by atoms with van der Waals surface area (Å²) in [6.45, 7) is 4.80. The molecule has 0 aliphatic carbocycles. The molecule has 0 spiro atoms. The predicted octanol–water partition coefficient (Wildman–Crippen LogP) is 2.38. The minimum atomic E-state index is -1.02. The third-order valence-electron chi connectivity index (χ3n) is 3.40. The Bertz CT molecular complexity index is 602. The third kappa shape index (κ3) is 4.86. The Morgan fingerprint density at radius 2 is 1.87 bits per heavy atom. The van der Waals surface area contributed by atoms with Gasteiger partial charge in [0.2, 0.25) is 5.91 Å². The van der Waals surface area contributed by atoms with Gasteiger partial charge in [0.25, 0.3) is 0 Å². The van der Waals surface area contributed by atoms with Crippen LogP contribution in [0.25, 0.3) is 0 Å². The summed E-state index contributed by atoms with van der Waals surface area (Å²) in [5.74, 6) is 0.0517. The highest BCUT2D eigenvalue weighted by molar-refractivity contribution is 9.10. The Morgan fingerprint density at radius 1 is 1.26 bits per heavy atom. The molecule has 1 heterocycles. The number of hydrogen-bond acceptors (Lipinski definition) is 4. The SMILES string of the molecule is CC(C)CC(NC(=O)Cc1cc2c(cc1Br)OCCO2)C(=O)O. The standard InChI is InChI=1S/C16H20BrNO5/c1-9(2)5-12(16(20)21)18-15(19)7-10-6-13-14(8-11(10)17)23-4-3-22-13/h6,8-9,12H,3-5,7H2,1-2H3,(H,18,19)(H,20,21). The molecule has 0 saturated heterocycles. The quantitative estimate of drug-likeness (QED) is 0.784. The number of carboxylic acid groups (broad SMARTS) is 1. The molecule has 0 fully saturated rings. The van der Waals surface area contributed by atoms with E-state index in [2.05, 4.69) is 21.2 Å². The van der Waals surface area contributed by atoms with Gasteiger partial charge in [-0.3, -0.25) is 4.79 Å². The fourth-order valence-corrected chi connectivity index (χ4v) is 2.82. The number of nitrogens with one attached hydrogen (secondary N) is 1. The summed E-state index contributed by atoms with van der Waals surface area (Å²) in [4.78, 5) is 23.4. The highest BCUT2D eigenvalue weighted by Gasteiger charge is 2.22. The molecule has 1 aromatic rings. The van der Waals surface area contributed by atoms with Crippen LogP contribution in [-0.2, 0) is 16.0 Å². The summed E-state index contributed by atoms with van der Waals surface area (Å²) >= 11 is 3.41. The minimum Gasteiger partial charge on any atom is -0.486 e. The van der Waals surface area contributed by atoms with Gasteiger partial charge < -0.3 is 19.9 Å². The fourth-order valence-electron chi connectivity index (χ4n) is 2.35. The largest absolute Gasteiger partial charge is 0.486 e. The van der Waals surface area contributed by atoms with Crippen molar-refractivity contribution in [3.05, 3.63) is 22.2 Å². The minimum absolute atomic E-state index is 0.0686. The second-order valence-electron chi connectivity index (χ2n) is 5.85. The Labute approximate surface area is 143 Å². The summed E-state index contributed by atoms with van der Waals surface area (Å²) in [7, 11) is 0. The number of benzene rings is 1. The monoisotopic (exact) mass is 385 g/mol. The lowest BCUT2D eigenvalue weighted by Gasteiger charge is -2.20. The van der Waals surface area contributed by atoms with E-state index >= 15 is 0 Å². The molecule has 1 unspecified atom stereocenters. The smallest absolute Gasteiger partial charge is 0.326 e. The van der Waals surface area contributed by atoms with Crippen LogP contribution in [0.4, 0.5) is 0 Å². The van der Waals surface area contributed by atoms with Crippen molar-refractivity contribution in [1.82, 2.24) is 5.32 Å². The molecule has 1 aromatic carbocycles. The van der Waals surface area contributed by atoms with Gasteiger partial charge in [-0.1, -0.05) is 29.8 Å². The normalized spacial score (nSPS) is 14.4. The lowest BCUT2D eigenvalue weighted by atomic mass is 10.0. The zero-order chi connectivity index (χ0) is 17.0. The van der Waals surface area contributed by atoms with Gasteiger partial charge in [0, 0.05) is 4.47 Å². The average Bonchev–Trinajstić information content (AvgIpc) is 2.46. The maximum atomic E-state index is 12.2. The number of aliphatic carboxylic acids is 1. The molecule has 2 rings (SSSR count). The number of ether oxygens (including phenoxy) is 2. The van der Waals surface area contributed by atoms with Crippen molar-refractivity contribution in [3.8, 4) is 11.5 Å². The van der Waals surface area contributed by atoms with E-state index in [0.717, 1.165) is 10.0 Å². The first-order valence-electron chi connectivity index (χ1n) is 7.47. The maximum absolute atomic E-state index is 12.2. The second kappa shape index (κ2) is 7.68. The van der Waals surface area contributed by atoms with Crippen molar-refractivity contribution in [1.29, 1.82) is 0 Å².